The van der Waals surface area contributed by atoms with Crippen molar-refractivity contribution in [2.75, 3.05) is 27.4 Å². The molecule has 1 aliphatic carbocycles. The fourth-order valence-electron chi connectivity index (χ4n) is 2.67. The number of rotatable bonds is 6. The van der Waals surface area contributed by atoms with Crippen LogP contribution in [0.2, 0.25) is 0 Å². The second kappa shape index (κ2) is 6.89. The molecule has 0 spiro atoms. The number of hydrogen-bond donors (Lipinski definition) is 2. The average Bonchev–Trinajstić information content (AvgIpc) is 2.43. The number of phenolic OH excluding ortho intramolecular Hbond substituents is 1. The van der Waals surface area contributed by atoms with Gasteiger partial charge in [0.1, 0.15) is 5.75 Å². The third-order valence-electron chi connectivity index (χ3n) is 3.72. The lowest BCUT2D eigenvalue weighted by molar-refractivity contribution is 0.0270. The Morgan fingerprint density at radius 2 is 2.26 bits per heavy atom. The lowest BCUT2D eigenvalue weighted by atomic mass is 9.87. The highest BCUT2D eigenvalue weighted by Gasteiger charge is 2.21. The number of hydrogen-bond acceptors (Lipinski definition) is 4. The molecule has 1 aromatic rings. The Kier molecular flexibility index (Phi) is 5.19. The van der Waals surface area contributed by atoms with Crippen LogP contribution in [-0.2, 0) is 15.9 Å². The molecule has 0 heterocycles. The molecule has 106 valence electrons. The Labute approximate surface area is 114 Å². The first-order valence-corrected chi connectivity index (χ1v) is 6.81. The van der Waals surface area contributed by atoms with E-state index in [4.69, 9.17) is 9.47 Å². The van der Waals surface area contributed by atoms with E-state index in [1.165, 1.54) is 17.5 Å². The van der Waals surface area contributed by atoms with Gasteiger partial charge in [0.15, 0.2) is 0 Å². The minimum atomic E-state index is 0.0627. The lowest BCUT2D eigenvalue weighted by Crippen LogP contribution is -2.35. The maximum atomic E-state index is 9.64. The van der Waals surface area contributed by atoms with Gasteiger partial charge in [0, 0.05) is 26.8 Å². The Bertz CT molecular complexity index is 408. The number of aromatic hydroxyl groups is 1. The van der Waals surface area contributed by atoms with Crippen molar-refractivity contribution in [3.63, 3.8) is 0 Å². The summed E-state index contributed by atoms with van der Waals surface area (Å²) < 4.78 is 10.5. The highest BCUT2D eigenvalue weighted by Crippen LogP contribution is 2.32. The van der Waals surface area contributed by atoms with E-state index in [-0.39, 0.29) is 6.10 Å². The summed E-state index contributed by atoms with van der Waals surface area (Å²) in [5, 5.41) is 13.2. The summed E-state index contributed by atoms with van der Waals surface area (Å²) >= 11 is 0. The van der Waals surface area contributed by atoms with Crippen LogP contribution in [0.4, 0.5) is 0 Å². The van der Waals surface area contributed by atoms with Gasteiger partial charge in [-0.2, -0.15) is 0 Å². The Balaban J connectivity index is 2.00. The molecular formula is C15H23NO3. The van der Waals surface area contributed by atoms with Crippen molar-refractivity contribution in [3.8, 4) is 5.75 Å². The molecule has 0 saturated carbocycles. The molecule has 19 heavy (non-hydrogen) atoms. The Hall–Kier alpha value is -1.10. The smallest absolute Gasteiger partial charge is 0.115 e. The minimum absolute atomic E-state index is 0.0627. The van der Waals surface area contributed by atoms with Crippen LogP contribution in [-0.4, -0.2) is 38.6 Å². The zero-order chi connectivity index (χ0) is 13.7. The maximum absolute atomic E-state index is 9.64. The summed E-state index contributed by atoms with van der Waals surface area (Å²) in [6.07, 6.45) is 3.43. The summed E-state index contributed by atoms with van der Waals surface area (Å²) in [6, 6.07) is 5.97. The number of ether oxygens (including phenoxy) is 2. The Morgan fingerprint density at radius 3 is 3.00 bits per heavy atom. The number of nitrogens with one attached hydrogen (secondary N) is 1. The number of fused-ring (bicyclic) bond motifs is 1. The Morgan fingerprint density at radius 1 is 1.42 bits per heavy atom. The van der Waals surface area contributed by atoms with Crippen LogP contribution in [0.5, 0.6) is 5.75 Å². The quantitative estimate of drug-likeness (QED) is 0.826. The van der Waals surface area contributed by atoms with Crippen LogP contribution >= 0.6 is 0 Å². The lowest BCUT2D eigenvalue weighted by Gasteiger charge is -2.28. The van der Waals surface area contributed by atoms with Gasteiger partial charge in [-0.05, 0) is 42.5 Å². The summed E-state index contributed by atoms with van der Waals surface area (Å²) in [5.74, 6) is 0.340. The zero-order valence-corrected chi connectivity index (χ0v) is 11.7. The molecule has 2 rings (SSSR count). The van der Waals surface area contributed by atoms with Gasteiger partial charge >= 0.3 is 0 Å². The van der Waals surface area contributed by atoms with Crippen LogP contribution in [0.15, 0.2) is 18.2 Å². The average molecular weight is 265 g/mol. The molecule has 1 aromatic carbocycles. The number of benzene rings is 1. The fourth-order valence-corrected chi connectivity index (χ4v) is 2.67. The van der Waals surface area contributed by atoms with Crippen LogP contribution < -0.4 is 5.32 Å². The van der Waals surface area contributed by atoms with Gasteiger partial charge < -0.3 is 19.9 Å². The molecule has 0 aliphatic heterocycles. The maximum Gasteiger partial charge on any atom is 0.115 e. The number of aryl methyl sites for hydroxylation is 1. The summed E-state index contributed by atoms with van der Waals surface area (Å²) in [6.45, 7) is 1.34. The number of methoxy groups -OCH3 is 2. The van der Waals surface area contributed by atoms with Gasteiger partial charge in [-0.3, -0.25) is 0 Å². The molecule has 2 atom stereocenters. The van der Waals surface area contributed by atoms with E-state index in [2.05, 4.69) is 5.32 Å². The largest absolute Gasteiger partial charge is 0.508 e. The first-order chi connectivity index (χ1) is 9.24. The molecule has 0 aromatic heterocycles. The second-order valence-corrected chi connectivity index (χ2v) is 5.05. The van der Waals surface area contributed by atoms with Gasteiger partial charge in [-0.15, -0.1) is 0 Å². The predicted octanol–water partition coefficient (Wildman–Crippen LogP) is 2.02. The molecule has 2 unspecified atom stereocenters. The highest BCUT2D eigenvalue weighted by atomic mass is 16.5. The van der Waals surface area contributed by atoms with Crippen molar-refractivity contribution in [1.29, 1.82) is 0 Å². The van der Waals surface area contributed by atoms with E-state index in [0.29, 0.717) is 18.4 Å². The highest BCUT2D eigenvalue weighted by molar-refractivity contribution is 5.38. The topological polar surface area (TPSA) is 50.7 Å². The molecule has 2 N–H and O–H groups in total. The second-order valence-electron chi connectivity index (χ2n) is 5.05. The van der Waals surface area contributed by atoms with Gasteiger partial charge in [-0.25, -0.2) is 0 Å². The standard InChI is InChI=1S/C15H23NO3/c1-18-10-13(19-2)9-16-15-5-3-4-11-6-7-12(17)8-14(11)15/h6-8,13,15-17H,3-5,9-10H2,1-2H3. The molecule has 0 radical (unpaired) electrons. The van der Waals surface area contributed by atoms with E-state index < -0.39 is 0 Å². The van der Waals surface area contributed by atoms with Crippen LogP contribution in [0, 0.1) is 0 Å². The SMILES string of the molecule is COCC(CNC1CCCc2ccc(O)cc21)OC. The zero-order valence-electron chi connectivity index (χ0n) is 11.7. The van der Waals surface area contributed by atoms with Gasteiger partial charge in [0.05, 0.1) is 12.7 Å². The number of phenols is 1. The molecule has 0 fully saturated rings. The third-order valence-corrected chi connectivity index (χ3v) is 3.72. The fraction of sp³-hybridized carbons (Fsp3) is 0.600. The van der Waals surface area contributed by atoms with Crippen molar-refractivity contribution >= 4 is 0 Å². The molecule has 1 aliphatic rings. The van der Waals surface area contributed by atoms with Crippen molar-refractivity contribution < 1.29 is 14.6 Å². The first-order valence-electron chi connectivity index (χ1n) is 6.81. The third kappa shape index (κ3) is 3.69. The van der Waals surface area contributed by atoms with E-state index in [1.807, 2.05) is 12.1 Å². The molecule has 0 amide bonds. The van der Waals surface area contributed by atoms with E-state index in [0.717, 1.165) is 19.4 Å². The minimum Gasteiger partial charge on any atom is -0.508 e. The van der Waals surface area contributed by atoms with Crippen LogP contribution in [0.25, 0.3) is 0 Å². The van der Waals surface area contributed by atoms with Crippen LogP contribution in [0.1, 0.15) is 30.0 Å². The summed E-state index contributed by atoms with van der Waals surface area (Å²) in [4.78, 5) is 0. The van der Waals surface area contributed by atoms with Crippen molar-refractivity contribution in [3.05, 3.63) is 29.3 Å². The normalized spacial score (nSPS) is 20.0. The van der Waals surface area contributed by atoms with E-state index in [9.17, 15) is 5.11 Å². The van der Waals surface area contributed by atoms with E-state index >= 15 is 0 Å². The molecule has 4 heteroatoms. The molecule has 4 nitrogen and oxygen atoms in total. The summed E-state index contributed by atoms with van der Waals surface area (Å²) in [7, 11) is 3.38. The molecule has 0 bridgehead atoms. The van der Waals surface area contributed by atoms with E-state index in [1.54, 1.807) is 20.3 Å². The van der Waals surface area contributed by atoms with Crippen LogP contribution in [0.3, 0.4) is 0 Å². The first kappa shape index (κ1) is 14.3. The van der Waals surface area contributed by atoms with Crippen molar-refractivity contribution in [1.82, 2.24) is 5.32 Å². The predicted molar refractivity (Wildman–Crippen MR) is 74.5 cm³/mol. The molecule has 0 saturated heterocycles. The van der Waals surface area contributed by atoms with Gasteiger partial charge in [0.25, 0.3) is 0 Å². The summed E-state index contributed by atoms with van der Waals surface area (Å²) in [5.41, 5.74) is 2.56. The van der Waals surface area contributed by atoms with Crippen molar-refractivity contribution in [2.45, 2.75) is 31.4 Å². The molecular weight excluding hydrogens is 242 g/mol. The monoisotopic (exact) mass is 265 g/mol. The van der Waals surface area contributed by atoms with Gasteiger partial charge in [-0.1, -0.05) is 6.07 Å². The van der Waals surface area contributed by atoms with Gasteiger partial charge in [0.2, 0.25) is 0 Å². The van der Waals surface area contributed by atoms with Crippen molar-refractivity contribution in [2.24, 2.45) is 0 Å².